The van der Waals surface area contributed by atoms with Crippen molar-refractivity contribution >= 4 is 27.3 Å². The predicted molar refractivity (Wildman–Crippen MR) is 114 cm³/mol. The second kappa shape index (κ2) is 7.89. The molecule has 3 heterocycles. The molecule has 9 nitrogen and oxygen atoms in total. The number of thiazole rings is 1. The molecular formula is C19H22N6O3S2. The van der Waals surface area contributed by atoms with Gasteiger partial charge in [0.15, 0.2) is 5.82 Å². The summed E-state index contributed by atoms with van der Waals surface area (Å²) in [6.45, 7) is 3.90. The maximum atomic E-state index is 13.3. The van der Waals surface area contributed by atoms with Crippen molar-refractivity contribution in [2.24, 2.45) is 0 Å². The van der Waals surface area contributed by atoms with Crippen LogP contribution in [0.5, 0.6) is 0 Å². The average Bonchev–Trinajstić information content (AvgIpc) is 3.39. The maximum Gasteiger partial charge on any atom is 0.266 e. The fourth-order valence-corrected chi connectivity index (χ4v) is 5.36. The van der Waals surface area contributed by atoms with E-state index in [1.807, 2.05) is 37.3 Å². The van der Waals surface area contributed by atoms with Crippen molar-refractivity contribution in [1.29, 1.82) is 0 Å². The zero-order valence-electron chi connectivity index (χ0n) is 16.8. The summed E-state index contributed by atoms with van der Waals surface area (Å²) < 4.78 is 26.1. The summed E-state index contributed by atoms with van der Waals surface area (Å²) in [5.74, 6) is 0.875. The van der Waals surface area contributed by atoms with E-state index < -0.39 is 22.1 Å². The summed E-state index contributed by atoms with van der Waals surface area (Å²) >= 11 is 1.34. The molecule has 3 aromatic rings. The van der Waals surface area contributed by atoms with E-state index in [4.69, 9.17) is 0 Å². The number of benzene rings is 1. The van der Waals surface area contributed by atoms with Gasteiger partial charge in [0.05, 0.1) is 23.0 Å². The van der Waals surface area contributed by atoms with Gasteiger partial charge >= 0.3 is 0 Å². The van der Waals surface area contributed by atoms with E-state index >= 15 is 0 Å². The SMILES string of the molecule is Cc1nc(C)c(C(=O)N2C[C@@H](NS(C)(=O)=O)C[C@H]2c2nc(-c3ccccc3)n[nH]2)s1. The van der Waals surface area contributed by atoms with Crippen LogP contribution in [0.3, 0.4) is 0 Å². The highest BCUT2D eigenvalue weighted by Gasteiger charge is 2.40. The van der Waals surface area contributed by atoms with Crippen molar-refractivity contribution in [2.75, 3.05) is 12.8 Å². The van der Waals surface area contributed by atoms with Gasteiger partial charge in [-0.3, -0.25) is 9.89 Å². The van der Waals surface area contributed by atoms with Gasteiger partial charge in [-0.05, 0) is 20.3 Å². The van der Waals surface area contributed by atoms with E-state index in [1.165, 1.54) is 11.3 Å². The Morgan fingerprint density at radius 2 is 1.97 bits per heavy atom. The molecule has 0 radical (unpaired) electrons. The number of carbonyl (C=O) groups excluding carboxylic acids is 1. The van der Waals surface area contributed by atoms with Crippen molar-refractivity contribution < 1.29 is 13.2 Å². The molecule has 158 valence electrons. The Morgan fingerprint density at radius 3 is 2.60 bits per heavy atom. The standard InChI is InChI=1S/C19H22N6O3S2/c1-11-16(29-12(2)20-11)19(26)25-10-14(24-30(3,27)28)9-15(25)18-21-17(22-23-18)13-7-5-4-6-8-13/h4-8,14-15,24H,9-10H2,1-3H3,(H,21,22,23)/t14-,15-/m0/s1. The molecule has 1 aliphatic rings. The summed E-state index contributed by atoms with van der Waals surface area (Å²) in [6, 6.07) is 8.69. The van der Waals surface area contributed by atoms with Gasteiger partial charge in [-0.25, -0.2) is 23.1 Å². The zero-order valence-corrected chi connectivity index (χ0v) is 18.4. The normalized spacial score (nSPS) is 19.4. The zero-order chi connectivity index (χ0) is 21.5. The minimum Gasteiger partial charge on any atom is -0.326 e. The lowest BCUT2D eigenvalue weighted by Gasteiger charge is -2.22. The highest BCUT2D eigenvalue weighted by Crippen LogP contribution is 2.34. The van der Waals surface area contributed by atoms with Crippen LogP contribution in [0, 0.1) is 13.8 Å². The molecule has 1 aromatic carbocycles. The summed E-state index contributed by atoms with van der Waals surface area (Å²) in [4.78, 5) is 24.5. The molecular weight excluding hydrogens is 424 g/mol. The first-order valence-corrected chi connectivity index (χ1v) is 12.1. The van der Waals surface area contributed by atoms with Crippen LogP contribution in [-0.4, -0.2) is 58.2 Å². The van der Waals surface area contributed by atoms with Gasteiger partial charge in [-0.15, -0.1) is 11.3 Å². The Balaban J connectivity index is 1.67. The average molecular weight is 447 g/mol. The first kappa shape index (κ1) is 20.6. The Labute approximate surface area is 178 Å². The van der Waals surface area contributed by atoms with Gasteiger partial charge in [0.1, 0.15) is 10.7 Å². The van der Waals surface area contributed by atoms with Gasteiger partial charge < -0.3 is 4.90 Å². The number of nitrogens with zero attached hydrogens (tertiary/aromatic N) is 4. The number of rotatable bonds is 5. The monoisotopic (exact) mass is 446 g/mol. The lowest BCUT2D eigenvalue weighted by Crippen LogP contribution is -2.38. The molecule has 11 heteroatoms. The predicted octanol–water partition coefficient (Wildman–Crippen LogP) is 2.05. The van der Waals surface area contributed by atoms with E-state index in [1.54, 1.807) is 11.8 Å². The van der Waals surface area contributed by atoms with Crippen LogP contribution in [0.25, 0.3) is 11.4 Å². The van der Waals surface area contributed by atoms with Crippen LogP contribution >= 0.6 is 11.3 Å². The lowest BCUT2D eigenvalue weighted by molar-refractivity contribution is 0.0732. The minimum atomic E-state index is -3.41. The molecule has 1 saturated heterocycles. The van der Waals surface area contributed by atoms with E-state index in [0.29, 0.717) is 28.6 Å². The molecule has 2 atom stereocenters. The van der Waals surface area contributed by atoms with Crippen molar-refractivity contribution in [3.05, 3.63) is 51.7 Å². The number of hydrogen-bond acceptors (Lipinski definition) is 7. The number of H-pyrrole nitrogens is 1. The molecule has 2 aromatic heterocycles. The van der Waals surface area contributed by atoms with Gasteiger partial charge in [0.25, 0.3) is 5.91 Å². The second-order valence-electron chi connectivity index (χ2n) is 7.35. The second-order valence-corrected chi connectivity index (χ2v) is 10.3. The van der Waals surface area contributed by atoms with Crippen molar-refractivity contribution in [1.82, 2.24) is 29.8 Å². The molecule has 1 amide bonds. The van der Waals surface area contributed by atoms with Gasteiger partial charge in [-0.1, -0.05) is 30.3 Å². The lowest BCUT2D eigenvalue weighted by atomic mass is 10.1. The number of likely N-dealkylation sites (tertiary alicyclic amines) is 1. The number of aromatic nitrogens is 4. The summed E-state index contributed by atoms with van der Waals surface area (Å²) in [6.07, 6.45) is 1.52. The molecule has 0 saturated carbocycles. The van der Waals surface area contributed by atoms with Crippen LogP contribution in [0.4, 0.5) is 0 Å². The Bertz CT molecular complexity index is 1170. The topological polar surface area (TPSA) is 121 Å². The number of aryl methyl sites for hydroxylation is 2. The Morgan fingerprint density at radius 1 is 1.23 bits per heavy atom. The number of nitrogens with one attached hydrogen (secondary N) is 2. The molecule has 0 spiro atoms. The minimum absolute atomic E-state index is 0.182. The Kier molecular flexibility index (Phi) is 5.43. The fourth-order valence-electron chi connectivity index (χ4n) is 3.71. The first-order chi connectivity index (χ1) is 14.2. The fraction of sp³-hybridized carbons (Fsp3) is 0.368. The molecule has 1 aliphatic heterocycles. The summed E-state index contributed by atoms with van der Waals surface area (Å²) in [5, 5.41) is 8.05. The van der Waals surface area contributed by atoms with Crippen molar-refractivity contribution in [3.63, 3.8) is 0 Å². The van der Waals surface area contributed by atoms with Crippen LogP contribution in [0.2, 0.25) is 0 Å². The Hall–Kier alpha value is -2.63. The number of sulfonamides is 1. The molecule has 4 rings (SSSR count). The third-order valence-corrected chi connectivity index (χ3v) is 6.71. The number of hydrogen-bond donors (Lipinski definition) is 2. The van der Waals surface area contributed by atoms with E-state index in [2.05, 4.69) is 24.9 Å². The van der Waals surface area contributed by atoms with Crippen LogP contribution in [-0.2, 0) is 10.0 Å². The quantitative estimate of drug-likeness (QED) is 0.619. The number of aromatic amines is 1. The van der Waals surface area contributed by atoms with E-state index in [-0.39, 0.29) is 12.5 Å². The van der Waals surface area contributed by atoms with Crippen LogP contribution in [0.1, 0.15) is 38.7 Å². The van der Waals surface area contributed by atoms with Crippen LogP contribution in [0.15, 0.2) is 30.3 Å². The number of amides is 1. The molecule has 0 unspecified atom stereocenters. The van der Waals surface area contributed by atoms with Crippen molar-refractivity contribution in [2.45, 2.75) is 32.4 Å². The molecule has 30 heavy (non-hydrogen) atoms. The largest absolute Gasteiger partial charge is 0.326 e. The summed E-state index contributed by atoms with van der Waals surface area (Å²) in [5.41, 5.74) is 1.53. The van der Waals surface area contributed by atoms with Gasteiger partial charge in [0, 0.05) is 18.2 Å². The first-order valence-electron chi connectivity index (χ1n) is 9.41. The van der Waals surface area contributed by atoms with Gasteiger partial charge in [0.2, 0.25) is 10.0 Å². The number of carbonyl (C=O) groups is 1. The third kappa shape index (κ3) is 4.27. The van der Waals surface area contributed by atoms with Crippen LogP contribution < -0.4 is 4.72 Å². The summed E-state index contributed by atoms with van der Waals surface area (Å²) in [7, 11) is -3.41. The van der Waals surface area contributed by atoms with E-state index in [9.17, 15) is 13.2 Å². The third-order valence-electron chi connectivity index (χ3n) is 4.89. The smallest absolute Gasteiger partial charge is 0.266 e. The molecule has 0 aliphatic carbocycles. The van der Waals surface area contributed by atoms with Crippen molar-refractivity contribution in [3.8, 4) is 11.4 Å². The maximum absolute atomic E-state index is 13.3. The molecule has 0 bridgehead atoms. The molecule has 1 fully saturated rings. The highest BCUT2D eigenvalue weighted by molar-refractivity contribution is 7.88. The van der Waals surface area contributed by atoms with E-state index in [0.717, 1.165) is 16.8 Å². The molecule has 2 N–H and O–H groups in total. The highest BCUT2D eigenvalue weighted by atomic mass is 32.2. The van der Waals surface area contributed by atoms with Gasteiger partial charge in [-0.2, -0.15) is 5.10 Å².